The largest absolute Gasteiger partial charge is 0.416 e. The summed E-state index contributed by atoms with van der Waals surface area (Å²) in [7, 11) is 1.67. The summed E-state index contributed by atoms with van der Waals surface area (Å²) in [4.78, 5) is 4.18. The van der Waals surface area contributed by atoms with Crippen LogP contribution < -0.4 is 5.32 Å². The lowest BCUT2D eigenvalue weighted by Crippen LogP contribution is -2.07. The first-order chi connectivity index (χ1) is 8.81. The molecule has 0 aliphatic heterocycles. The molecule has 2 rings (SSSR count). The van der Waals surface area contributed by atoms with Crippen molar-refractivity contribution in [3.05, 3.63) is 40.1 Å². The van der Waals surface area contributed by atoms with E-state index in [0.717, 1.165) is 17.8 Å². The van der Waals surface area contributed by atoms with Crippen molar-refractivity contribution >= 4 is 21.9 Å². The van der Waals surface area contributed by atoms with Crippen LogP contribution in [0.1, 0.15) is 11.3 Å². The van der Waals surface area contributed by atoms with Gasteiger partial charge in [-0.3, -0.25) is 4.57 Å². The number of rotatable bonds is 2. The lowest BCUT2D eigenvalue weighted by atomic mass is 10.2. The monoisotopic (exact) mass is 333 g/mol. The maximum Gasteiger partial charge on any atom is 0.416 e. The van der Waals surface area contributed by atoms with E-state index in [0.29, 0.717) is 16.1 Å². The van der Waals surface area contributed by atoms with Crippen LogP contribution in [0.4, 0.5) is 19.1 Å². The van der Waals surface area contributed by atoms with Crippen molar-refractivity contribution in [1.82, 2.24) is 9.55 Å². The fourth-order valence-electron chi connectivity index (χ4n) is 1.75. The Bertz CT molecular complexity index is 605. The molecule has 0 aliphatic carbocycles. The zero-order valence-corrected chi connectivity index (χ0v) is 11.8. The van der Waals surface area contributed by atoms with E-state index in [9.17, 15) is 13.2 Å². The minimum Gasteiger partial charge on any atom is -0.358 e. The number of nitrogens with one attached hydrogen (secondary N) is 1. The highest BCUT2D eigenvalue weighted by Crippen LogP contribution is 2.33. The second kappa shape index (κ2) is 4.88. The molecule has 0 bridgehead atoms. The first kappa shape index (κ1) is 13.9. The van der Waals surface area contributed by atoms with E-state index in [4.69, 9.17) is 0 Å². The standard InChI is InChI=1S/C12H11BrF3N3/c1-7-6-19(11(17-2)18-7)10-4-8(12(14,15)16)3-9(13)5-10/h3-6H,1-2H3,(H,17,18). The molecule has 0 saturated carbocycles. The third-order valence-corrected chi connectivity index (χ3v) is 3.00. The Morgan fingerprint density at radius 3 is 2.53 bits per heavy atom. The van der Waals surface area contributed by atoms with Gasteiger partial charge in [-0.1, -0.05) is 15.9 Å². The van der Waals surface area contributed by atoms with Crippen LogP contribution in [-0.4, -0.2) is 16.6 Å². The van der Waals surface area contributed by atoms with Gasteiger partial charge in [-0.2, -0.15) is 13.2 Å². The molecule has 1 N–H and O–H groups in total. The van der Waals surface area contributed by atoms with Gasteiger partial charge in [0.1, 0.15) is 0 Å². The molecule has 19 heavy (non-hydrogen) atoms. The first-order valence-electron chi connectivity index (χ1n) is 5.43. The van der Waals surface area contributed by atoms with Crippen molar-refractivity contribution in [2.75, 3.05) is 12.4 Å². The Labute approximate surface area is 116 Å². The number of hydrogen-bond donors (Lipinski definition) is 1. The summed E-state index contributed by atoms with van der Waals surface area (Å²) >= 11 is 3.10. The van der Waals surface area contributed by atoms with Crippen molar-refractivity contribution in [1.29, 1.82) is 0 Å². The van der Waals surface area contributed by atoms with Crippen molar-refractivity contribution < 1.29 is 13.2 Å². The van der Waals surface area contributed by atoms with Crippen LogP contribution >= 0.6 is 15.9 Å². The predicted octanol–water partition coefficient (Wildman–Crippen LogP) is 4.00. The zero-order chi connectivity index (χ0) is 14.2. The third-order valence-electron chi connectivity index (χ3n) is 2.54. The summed E-state index contributed by atoms with van der Waals surface area (Å²) in [6.07, 6.45) is -2.71. The van der Waals surface area contributed by atoms with Gasteiger partial charge in [0.05, 0.1) is 16.9 Å². The van der Waals surface area contributed by atoms with Gasteiger partial charge in [-0.15, -0.1) is 0 Å². The van der Waals surface area contributed by atoms with Crippen molar-refractivity contribution in [3.8, 4) is 5.69 Å². The number of hydrogen-bond acceptors (Lipinski definition) is 2. The molecule has 1 aromatic carbocycles. The number of aromatic nitrogens is 2. The van der Waals surface area contributed by atoms with Gasteiger partial charge in [0, 0.05) is 17.7 Å². The molecule has 0 spiro atoms. The van der Waals surface area contributed by atoms with Gasteiger partial charge in [-0.05, 0) is 25.1 Å². The molecule has 0 atom stereocenters. The summed E-state index contributed by atoms with van der Waals surface area (Å²) in [6.45, 7) is 1.78. The molecule has 1 heterocycles. The van der Waals surface area contributed by atoms with Gasteiger partial charge in [0.25, 0.3) is 0 Å². The van der Waals surface area contributed by atoms with E-state index in [1.165, 1.54) is 0 Å². The zero-order valence-electron chi connectivity index (χ0n) is 10.2. The van der Waals surface area contributed by atoms with Gasteiger partial charge in [-0.25, -0.2) is 4.98 Å². The fourth-order valence-corrected chi connectivity index (χ4v) is 2.23. The Kier molecular flexibility index (Phi) is 3.58. The average molecular weight is 334 g/mol. The Hall–Kier alpha value is -1.50. The number of halogens is 4. The van der Waals surface area contributed by atoms with Crippen molar-refractivity contribution in [2.24, 2.45) is 0 Å². The normalized spacial score (nSPS) is 11.7. The highest BCUT2D eigenvalue weighted by Gasteiger charge is 2.31. The lowest BCUT2D eigenvalue weighted by Gasteiger charge is -2.12. The fraction of sp³-hybridized carbons (Fsp3) is 0.250. The minimum atomic E-state index is -4.38. The van der Waals surface area contributed by atoms with Crippen molar-refractivity contribution in [2.45, 2.75) is 13.1 Å². The Balaban J connectivity index is 2.59. The summed E-state index contributed by atoms with van der Waals surface area (Å²) in [6, 6.07) is 3.75. The highest BCUT2D eigenvalue weighted by atomic mass is 79.9. The quantitative estimate of drug-likeness (QED) is 0.900. The molecule has 0 radical (unpaired) electrons. The topological polar surface area (TPSA) is 29.9 Å². The summed E-state index contributed by atoms with van der Waals surface area (Å²) in [5.74, 6) is 0.490. The van der Waals surface area contributed by atoms with Crippen LogP contribution in [0.3, 0.4) is 0 Å². The Morgan fingerprint density at radius 1 is 1.26 bits per heavy atom. The number of anilines is 1. The highest BCUT2D eigenvalue weighted by molar-refractivity contribution is 9.10. The van der Waals surface area contributed by atoms with Crippen LogP contribution in [-0.2, 0) is 6.18 Å². The van der Waals surface area contributed by atoms with Crippen LogP contribution in [0.25, 0.3) is 5.69 Å². The Morgan fingerprint density at radius 2 is 1.95 bits per heavy atom. The second-order valence-electron chi connectivity index (χ2n) is 4.02. The van der Waals surface area contributed by atoms with Gasteiger partial charge < -0.3 is 5.32 Å². The van der Waals surface area contributed by atoms with E-state index in [1.807, 2.05) is 0 Å². The first-order valence-corrected chi connectivity index (χ1v) is 6.22. The summed E-state index contributed by atoms with van der Waals surface area (Å²) < 4.78 is 40.3. The van der Waals surface area contributed by atoms with E-state index in [2.05, 4.69) is 26.2 Å². The van der Waals surface area contributed by atoms with E-state index >= 15 is 0 Å². The smallest absolute Gasteiger partial charge is 0.358 e. The number of alkyl halides is 3. The van der Waals surface area contributed by atoms with Gasteiger partial charge in [0.2, 0.25) is 5.95 Å². The average Bonchev–Trinajstić information content (AvgIpc) is 2.68. The molecule has 0 amide bonds. The summed E-state index contributed by atoms with van der Waals surface area (Å²) in [5.41, 5.74) is 0.412. The maximum atomic E-state index is 12.8. The molecule has 0 saturated heterocycles. The maximum absolute atomic E-state index is 12.8. The van der Waals surface area contributed by atoms with E-state index in [-0.39, 0.29) is 0 Å². The molecule has 102 valence electrons. The number of nitrogens with zero attached hydrogens (tertiary/aromatic N) is 2. The van der Waals surface area contributed by atoms with Crippen LogP contribution in [0, 0.1) is 6.92 Å². The molecule has 0 aliphatic rings. The molecule has 0 unspecified atom stereocenters. The molecular formula is C12H11BrF3N3. The second-order valence-corrected chi connectivity index (χ2v) is 4.94. The molecule has 1 aromatic heterocycles. The SMILES string of the molecule is CNc1nc(C)cn1-c1cc(Br)cc(C(F)(F)F)c1. The van der Waals surface area contributed by atoms with Crippen LogP contribution in [0.5, 0.6) is 0 Å². The molecule has 7 heteroatoms. The predicted molar refractivity (Wildman–Crippen MR) is 70.5 cm³/mol. The molecule has 0 fully saturated rings. The van der Waals surface area contributed by atoms with E-state index < -0.39 is 11.7 Å². The van der Waals surface area contributed by atoms with Gasteiger partial charge in [0.15, 0.2) is 0 Å². The van der Waals surface area contributed by atoms with Gasteiger partial charge >= 0.3 is 6.18 Å². The number of aryl methyl sites for hydroxylation is 1. The summed E-state index contributed by atoms with van der Waals surface area (Å²) in [5, 5.41) is 2.85. The van der Waals surface area contributed by atoms with Crippen LogP contribution in [0.2, 0.25) is 0 Å². The molecule has 2 aromatic rings. The number of imidazole rings is 1. The third kappa shape index (κ3) is 2.91. The number of benzene rings is 1. The molecular weight excluding hydrogens is 323 g/mol. The lowest BCUT2D eigenvalue weighted by molar-refractivity contribution is -0.137. The van der Waals surface area contributed by atoms with Crippen LogP contribution in [0.15, 0.2) is 28.9 Å². The van der Waals surface area contributed by atoms with Crippen molar-refractivity contribution in [3.63, 3.8) is 0 Å². The van der Waals surface area contributed by atoms with E-state index in [1.54, 1.807) is 30.8 Å². The minimum absolute atomic E-state index is 0.366. The molecule has 3 nitrogen and oxygen atoms in total.